The maximum absolute atomic E-state index is 9.98. The first kappa shape index (κ1) is 8.54. The fourth-order valence-electron chi connectivity index (χ4n) is 0.916. The van der Waals surface area contributed by atoms with Gasteiger partial charge in [-0.1, -0.05) is 11.8 Å². The molecule has 0 saturated heterocycles. The topological polar surface area (TPSA) is 45.8 Å². The summed E-state index contributed by atoms with van der Waals surface area (Å²) in [6.07, 6.45) is 1.07. The van der Waals surface area contributed by atoms with Gasteiger partial charge < -0.3 is 4.79 Å². The lowest BCUT2D eigenvalue weighted by atomic mass is 10.2. The normalized spacial score (nSPS) is 8.83. The Morgan fingerprint density at radius 3 is 2.83 bits per heavy atom. The Labute approximate surface area is 71.2 Å². The van der Waals surface area contributed by atoms with Gasteiger partial charge in [-0.25, -0.2) is 0 Å². The molecule has 62 valence electrons. The van der Waals surface area contributed by atoms with Gasteiger partial charge in [0.2, 0.25) is 0 Å². The van der Waals surface area contributed by atoms with Crippen LogP contribution < -0.4 is 0 Å². The van der Waals surface area contributed by atoms with Gasteiger partial charge in [0.25, 0.3) is 0 Å². The summed E-state index contributed by atoms with van der Waals surface area (Å²) < 4.78 is 0. The maximum Gasteiger partial charge on any atom is 0.131 e. The summed E-state index contributed by atoms with van der Waals surface area (Å²) in [5, 5.41) is 6.80. The van der Waals surface area contributed by atoms with E-state index in [2.05, 4.69) is 22.0 Å². The van der Waals surface area contributed by atoms with Gasteiger partial charge in [-0.15, -0.1) is 0 Å². The second-order valence-electron chi connectivity index (χ2n) is 2.48. The Morgan fingerprint density at radius 1 is 1.58 bits per heavy atom. The average Bonchev–Trinajstić information content (AvgIpc) is 2.35. The van der Waals surface area contributed by atoms with Crippen LogP contribution in [-0.2, 0) is 4.79 Å². The van der Waals surface area contributed by atoms with Crippen LogP contribution in [-0.4, -0.2) is 16.5 Å². The minimum Gasteiger partial charge on any atom is -0.302 e. The van der Waals surface area contributed by atoms with Crippen molar-refractivity contribution in [2.75, 3.05) is 0 Å². The molecule has 0 aliphatic rings. The number of H-pyrrole nitrogens is 1. The van der Waals surface area contributed by atoms with Gasteiger partial charge in [-0.05, 0) is 13.8 Å². The molecule has 1 rings (SSSR count). The SMILES string of the molecule is Cc1n[nH]c(C)c1C#CCC=O. The van der Waals surface area contributed by atoms with E-state index in [0.29, 0.717) is 0 Å². The molecule has 0 aromatic carbocycles. The third-order valence-electron chi connectivity index (χ3n) is 1.53. The minimum atomic E-state index is 0.282. The van der Waals surface area contributed by atoms with Crippen molar-refractivity contribution >= 4 is 6.29 Å². The molecule has 0 aliphatic carbocycles. The van der Waals surface area contributed by atoms with Gasteiger partial charge >= 0.3 is 0 Å². The molecule has 0 atom stereocenters. The third-order valence-corrected chi connectivity index (χ3v) is 1.53. The lowest BCUT2D eigenvalue weighted by molar-refractivity contribution is -0.107. The number of nitrogens with one attached hydrogen (secondary N) is 1. The number of aryl methyl sites for hydroxylation is 2. The predicted octanol–water partition coefficient (Wildman–Crippen LogP) is 0.967. The van der Waals surface area contributed by atoms with E-state index >= 15 is 0 Å². The number of rotatable bonds is 1. The smallest absolute Gasteiger partial charge is 0.131 e. The number of hydrogen-bond donors (Lipinski definition) is 1. The zero-order chi connectivity index (χ0) is 8.97. The standard InChI is InChI=1S/C9H10N2O/c1-7-9(5-3-4-6-12)8(2)11-10-7/h6H,4H2,1-2H3,(H,10,11). The summed E-state index contributed by atoms with van der Waals surface area (Å²) in [6.45, 7) is 3.79. The molecule has 0 radical (unpaired) electrons. The highest BCUT2D eigenvalue weighted by Crippen LogP contribution is 2.06. The first-order valence-electron chi connectivity index (χ1n) is 3.69. The van der Waals surface area contributed by atoms with Gasteiger partial charge in [-0.2, -0.15) is 5.10 Å². The van der Waals surface area contributed by atoms with Crippen molar-refractivity contribution in [3.8, 4) is 11.8 Å². The van der Waals surface area contributed by atoms with E-state index in [1.54, 1.807) is 0 Å². The number of nitrogens with zero attached hydrogens (tertiary/aromatic N) is 1. The Kier molecular flexibility index (Phi) is 2.65. The summed E-state index contributed by atoms with van der Waals surface area (Å²) >= 11 is 0. The number of aromatic nitrogens is 2. The van der Waals surface area contributed by atoms with Crippen LogP contribution in [0.3, 0.4) is 0 Å². The van der Waals surface area contributed by atoms with E-state index in [1.807, 2.05) is 13.8 Å². The van der Waals surface area contributed by atoms with Gasteiger partial charge in [0.05, 0.1) is 17.7 Å². The van der Waals surface area contributed by atoms with E-state index in [0.717, 1.165) is 23.2 Å². The van der Waals surface area contributed by atoms with Gasteiger partial charge in [0.1, 0.15) is 6.29 Å². The van der Waals surface area contributed by atoms with E-state index in [9.17, 15) is 4.79 Å². The molecule has 0 spiro atoms. The lowest BCUT2D eigenvalue weighted by Crippen LogP contribution is -1.79. The Balaban J connectivity index is 2.89. The molecule has 0 amide bonds. The molecule has 1 aromatic rings. The molecular formula is C9H10N2O. The first-order chi connectivity index (χ1) is 5.75. The van der Waals surface area contributed by atoms with Gasteiger partial charge in [-0.3, -0.25) is 5.10 Å². The number of carbonyl (C=O) groups excluding carboxylic acids is 1. The highest BCUT2D eigenvalue weighted by atomic mass is 16.1. The van der Waals surface area contributed by atoms with Crippen LogP contribution in [0.2, 0.25) is 0 Å². The Morgan fingerprint density at radius 2 is 2.33 bits per heavy atom. The van der Waals surface area contributed by atoms with Crippen LogP contribution in [0.4, 0.5) is 0 Å². The molecule has 1 N–H and O–H groups in total. The van der Waals surface area contributed by atoms with Crippen molar-refractivity contribution in [3.63, 3.8) is 0 Å². The molecule has 0 fully saturated rings. The van der Waals surface area contributed by atoms with Crippen molar-refractivity contribution in [1.29, 1.82) is 0 Å². The Bertz CT molecular complexity index is 322. The number of aldehydes is 1. The number of hydrogen-bond acceptors (Lipinski definition) is 2. The summed E-state index contributed by atoms with van der Waals surface area (Å²) in [5.74, 6) is 5.63. The molecule has 0 saturated carbocycles. The van der Waals surface area contributed by atoms with Crippen molar-refractivity contribution < 1.29 is 4.79 Å². The zero-order valence-electron chi connectivity index (χ0n) is 7.14. The number of carbonyl (C=O) groups is 1. The lowest BCUT2D eigenvalue weighted by Gasteiger charge is -1.85. The maximum atomic E-state index is 9.98. The van der Waals surface area contributed by atoms with Crippen molar-refractivity contribution in [3.05, 3.63) is 17.0 Å². The average molecular weight is 162 g/mol. The molecule has 12 heavy (non-hydrogen) atoms. The van der Waals surface area contributed by atoms with Crippen molar-refractivity contribution in [2.24, 2.45) is 0 Å². The third kappa shape index (κ3) is 1.73. The van der Waals surface area contributed by atoms with Crippen LogP contribution in [0.1, 0.15) is 23.4 Å². The number of aromatic amines is 1. The molecule has 0 unspecified atom stereocenters. The summed E-state index contributed by atoms with van der Waals surface area (Å²) in [6, 6.07) is 0. The van der Waals surface area contributed by atoms with Crippen LogP contribution in [0, 0.1) is 25.7 Å². The van der Waals surface area contributed by atoms with E-state index in [-0.39, 0.29) is 6.42 Å². The van der Waals surface area contributed by atoms with Crippen molar-refractivity contribution in [1.82, 2.24) is 10.2 Å². The monoisotopic (exact) mass is 162 g/mol. The highest BCUT2D eigenvalue weighted by Gasteiger charge is 2.00. The molecule has 3 heteroatoms. The first-order valence-corrected chi connectivity index (χ1v) is 3.69. The molecule has 3 nitrogen and oxygen atoms in total. The summed E-state index contributed by atoms with van der Waals surface area (Å²) in [5.41, 5.74) is 2.73. The zero-order valence-corrected chi connectivity index (χ0v) is 7.14. The van der Waals surface area contributed by atoms with E-state index in [1.165, 1.54) is 0 Å². The summed E-state index contributed by atoms with van der Waals surface area (Å²) in [4.78, 5) is 9.98. The molecule has 0 bridgehead atoms. The largest absolute Gasteiger partial charge is 0.302 e. The minimum absolute atomic E-state index is 0.282. The van der Waals surface area contributed by atoms with Crippen LogP contribution in [0.25, 0.3) is 0 Å². The van der Waals surface area contributed by atoms with Crippen molar-refractivity contribution in [2.45, 2.75) is 20.3 Å². The van der Waals surface area contributed by atoms with Crippen LogP contribution >= 0.6 is 0 Å². The fraction of sp³-hybridized carbons (Fsp3) is 0.333. The molecular weight excluding hydrogens is 152 g/mol. The van der Waals surface area contributed by atoms with Gasteiger partial charge in [0.15, 0.2) is 0 Å². The van der Waals surface area contributed by atoms with Crippen LogP contribution in [0.15, 0.2) is 0 Å². The quantitative estimate of drug-likeness (QED) is 0.494. The van der Waals surface area contributed by atoms with E-state index in [4.69, 9.17) is 0 Å². The van der Waals surface area contributed by atoms with E-state index < -0.39 is 0 Å². The molecule has 1 aromatic heterocycles. The Hall–Kier alpha value is -1.56. The van der Waals surface area contributed by atoms with Gasteiger partial charge in [0, 0.05) is 5.69 Å². The summed E-state index contributed by atoms with van der Waals surface area (Å²) in [7, 11) is 0. The molecule has 0 aliphatic heterocycles. The van der Waals surface area contributed by atoms with Crippen LogP contribution in [0.5, 0.6) is 0 Å². The second-order valence-corrected chi connectivity index (χ2v) is 2.48. The fourth-order valence-corrected chi connectivity index (χ4v) is 0.916. The second kappa shape index (κ2) is 3.72. The highest BCUT2D eigenvalue weighted by molar-refractivity contribution is 5.55. The predicted molar refractivity (Wildman–Crippen MR) is 45.6 cm³/mol. The molecule has 1 heterocycles.